The van der Waals surface area contributed by atoms with Crippen LogP contribution in [0.15, 0.2) is 24.1 Å². The van der Waals surface area contributed by atoms with E-state index in [0.29, 0.717) is 6.54 Å². The minimum Gasteiger partial charge on any atom is -0.394 e. The number of aliphatic hydroxyl groups excluding tert-OH is 1. The van der Waals surface area contributed by atoms with Crippen LogP contribution in [-0.4, -0.2) is 21.5 Å². The predicted molar refractivity (Wildman–Crippen MR) is 77.6 cm³/mol. The van der Waals surface area contributed by atoms with Crippen molar-refractivity contribution >= 4 is 74.6 Å². The van der Waals surface area contributed by atoms with Gasteiger partial charge >= 0.3 is 0 Å². The fourth-order valence-corrected chi connectivity index (χ4v) is 3.89. The molecule has 1 aromatic heterocycles. The van der Waals surface area contributed by atoms with Crippen LogP contribution in [0.5, 0.6) is 0 Å². The van der Waals surface area contributed by atoms with Crippen LogP contribution >= 0.6 is 63.7 Å². The molecule has 0 aliphatic carbocycles. The molecule has 0 bridgehead atoms. The zero-order valence-electron chi connectivity index (χ0n) is 7.85. The zero-order valence-corrected chi connectivity index (χ0v) is 14.2. The Balaban J connectivity index is 2.83. The van der Waals surface area contributed by atoms with E-state index < -0.39 is 0 Å². The highest BCUT2D eigenvalue weighted by Crippen LogP contribution is 2.43. The van der Waals surface area contributed by atoms with E-state index in [4.69, 9.17) is 5.11 Å². The fraction of sp³-hybridized carbons (Fsp3) is 0.222. The lowest BCUT2D eigenvalue weighted by Gasteiger charge is -2.08. The van der Waals surface area contributed by atoms with Gasteiger partial charge in [0, 0.05) is 18.8 Å². The number of halogens is 4. The van der Waals surface area contributed by atoms with Gasteiger partial charge in [-0.15, -0.1) is 0 Å². The van der Waals surface area contributed by atoms with Crippen LogP contribution in [0.4, 0.5) is 0 Å². The summed E-state index contributed by atoms with van der Waals surface area (Å²) < 4.78 is 5.49. The standard InChI is InChI=1S/C9H6Br4N2O/c10-5-4-3-14-15(1-2-16)9(4)8(13)7(12)6(5)11/h3,16H,1-2H2. The molecule has 86 valence electrons. The molecule has 0 saturated carbocycles. The van der Waals surface area contributed by atoms with E-state index in [-0.39, 0.29) is 6.61 Å². The van der Waals surface area contributed by atoms with Gasteiger partial charge in [0.05, 0.1) is 29.3 Å². The number of fused-ring (bicyclic) bond motifs is 1. The van der Waals surface area contributed by atoms with Gasteiger partial charge in [0.15, 0.2) is 0 Å². The molecule has 2 rings (SSSR count). The number of aromatic nitrogens is 2. The quantitative estimate of drug-likeness (QED) is 0.523. The van der Waals surface area contributed by atoms with Crippen LogP contribution in [0.1, 0.15) is 0 Å². The SMILES string of the molecule is OCCn1ncc2c(Br)c(Br)c(Br)c(Br)c21. The molecule has 0 fully saturated rings. The Morgan fingerprint density at radius 2 is 1.69 bits per heavy atom. The topological polar surface area (TPSA) is 38.0 Å². The maximum Gasteiger partial charge on any atom is 0.0849 e. The van der Waals surface area contributed by atoms with E-state index in [0.717, 1.165) is 28.8 Å². The molecule has 0 atom stereocenters. The summed E-state index contributed by atoms with van der Waals surface area (Å²) in [7, 11) is 0. The highest BCUT2D eigenvalue weighted by molar-refractivity contribution is 9.15. The van der Waals surface area contributed by atoms with Crippen molar-refractivity contribution in [1.82, 2.24) is 9.78 Å². The fourth-order valence-electron chi connectivity index (χ4n) is 1.46. The Hall–Kier alpha value is 0.570. The highest BCUT2D eigenvalue weighted by Gasteiger charge is 2.17. The van der Waals surface area contributed by atoms with E-state index >= 15 is 0 Å². The van der Waals surface area contributed by atoms with Crippen LogP contribution < -0.4 is 0 Å². The smallest absolute Gasteiger partial charge is 0.0849 e. The van der Waals surface area contributed by atoms with Crippen molar-refractivity contribution in [3.8, 4) is 0 Å². The van der Waals surface area contributed by atoms with Crippen LogP contribution in [0.2, 0.25) is 0 Å². The monoisotopic (exact) mass is 474 g/mol. The molecule has 0 aliphatic rings. The van der Waals surface area contributed by atoms with Crippen molar-refractivity contribution in [1.29, 1.82) is 0 Å². The van der Waals surface area contributed by atoms with E-state index in [1.807, 2.05) is 0 Å². The van der Waals surface area contributed by atoms with Gasteiger partial charge in [-0.1, -0.05) is 0 Å². The molecule has 7 heteroatoms. The van der Waals surface area contributed by atoms with Crippen LogP contribution in [0.3, 0.4) is 0 Å². The van der Waals surface area contributed by atoms with E-state index in [1.165, 1.54) is 0 Å². The number of nitrogens with zero attached hydrogens (tertiary/aromatic N) is 2. The number of rotatable bonds is 2. The molecule has 1 aromatic carbocycles. The third-order valence-electron chi connectivity index (χ3n) is 2.17. The van der Waals surface area contributed by atoms with Crippen molar-refractivity contribution in [3.05, 3.63) is 24.1 Å². The van der Waals surface area contributed by atoms with Gasteiger partial charge in [0.25, 0.3) is 0 Å². The molecular formula is C9H6Br4N2O. The van der Waals surface area contributed by atoms with Crippen molar-refractivity contribution in [2.45, 2.75) is 6.54 Å². The molecule has 0 spiro atoms. The number of hydrogen-bond donors (Lipinski definition) is 1. The lowest BCUT2D eigenvalue weighted by atomic mass is 10.2. The number of aliphatic hydroxyl groups is 1. The molecule has 3 nitrogen and oxygen atoms in total. The first-order valence-corrected chi connectivity index (χ1v) is 7.53. The first-order valence-electron chi connectivity index (χ1n) is 4.36. The van der Waals surface area contributed by atoms with Crippen molar-refractivity contribution in [2.75, 3.05) is 6.61 Å². The minimum absolute atomic E-state index is 0.0640. The first kappa shape index (κ1) is 13.0. The van der Waals surface area contributed by atoms with Gasteiger partial charge in [0.1, 0.15) is 0 Å². The molecule has 1 heterocycles. The predicted octanol–water partition coefficient (Wildman–Crippen LogP) is 4.08. The molecule has 16 heavy (non-hydrogen) atoms. The molecule has 1 N–H and O–H groups in total. The van der Waals surface area contributed by atoms with Crippen LogP contribution in [0, 0.1) is 0 Å². The summed E-state index contributed by atoms with van der Waals surface area (Å²) >= 11 is 14.0. The average Bonchev–Trinajstić information content (AvgIpc) is 2.68. The summed E-state index contributed by atoms with van der Waals surface area (Å²) in [6, 6.07) is 0. The Morgan fingerprint density at radius 3 is 2.31 bits per heavy atom. The van der Waals surface area contributed by atoms with E-state index in [9.17, 15) is 0 Å². The molecule has 0 radical (unpaired) electrons. The lowest BCUT2D eigenvalue weighted by Crippen LogP contribution is -2.03. The van der Waals surface area contributed by atoms with E-state index in [2.05, 4.69) is 68.8 Å². The van der Waals surface area contributed by atoms with E-state index in [1.54, 1.807) is 10.9 Å². The number of hydrogen-bond acceptors (Lipinski definition) is 2. The Labute approximate surface area is 126 Å². The Morgan fingerprint density at radius 1 is 1.06 bits per heavy atom. The summed E-state index contributed by atoms with van der Waals surface area (Å²) in [5, 5.41) is 14.2. The largest absolute Gasteiger partial charge is 0.394 e. The third-order valence-corrected chi connectivity index (χ3v) is 6.95. The maximum atomic E-state index is 8.97. The zero-order chi connectivity index (χ0) is 11.9. The molecular weight excluding hydrogens is 472 g/mol. The maximum absolute atomic E-state index is 8.97. The normalized spacial score (nSPS) is 11.3. The molecule has 0 amide bonds. The van der Waals surface area contributed by atoms with Crippen molar-refractivity contribution in [2.24, 2.45) is 0 Å². The van der Waals surface area contributed by atoms with Gasteiger partial charge in [-0.3, -0.25) is 4.68 Å². The summed E-state index contributed by atoms with van der Waals surface area (Å²) in [6.45, 7) is 0.539. The number of benzene rings is 1. The molecule has 0 aliphatic heterocycles. The Bertz CT molecular complexity index is 552. The first-order chi connectivity index (χ1) is 7.57. The van der Waals surface area contributed by atoms with Crippen molar-refractivity contribution < 1.29 is 5.11 Å². The van der Waals surface area contributed by atoms with Gasteiger partial charge in [0.2, 0.25) is 0 Å². The van der Waals surface area contributed by atoms with Gasteiger partial charge in [-0.25, -0.2) is 0 Å². The second kappa shape index (κ2) is 5.06. The summed E-state index contributed by atoms with van der Waals surface area (Å²) in [5.74, 6) is 0. The van der Waals surface area contributed by atoms with Crippen LogP contribution in [0.25, 0.3) is 10.9 Å². The second-order valence-corrected chi connectivity index (χ2v) is 6.28. The van der Waals surface area contributed by atoms with Crippen molar-refractivity contribution in [3.63, 3.8) is 0 Å². The average molecular weight is 478 g/mol. The summed E-state index contributed by atoms with van der Waals surface area (Å²) in [6.07, 6.45) is 1.77. The second-order valence-electron chi connectivity index (χ2n) is 3.11. The highest BCUT2D eigenvalue weighted by atomic mass is 79.9. The summed E-state index contributed by atoms with van der Waals surface area (Å²) in [5.41, 5.74) is 0.955. The van der Waals surface area contributed by atoms with Gasteiger partial charge in [-0.2, -0.15) is 5.10 Å². The molecule has 0 saturated heterocycles. The van der Waals surface area contributed by atoms with Gasteiger partial charge < -0.3 is 5.11 Å². The minimum atomic E-state index is 0.0640. The van der Waals surface area contributed by atoms with Gasteiger partial charge in [-0.05, 0) is 63.7 Å². The lowest BCUT2D eigenvalue weighted by molar-refractivity contribution is 0.271. The molecule has 0 unspecified atom stereocenters. The third kappa shape index (κ3) is 2.01. The summed E-state index contributed by atoms with van der Waals surface area (Å²) in [4.78, 5) is 0. The molecule has 2 aromatic rings. The van der Waals surface area contributed by atoms with Crippen LogP contribution in [-0.2, 0) is 6.54 Å². The Kier molecular flexibility index (Phi) is 4.11.